The molecule has 1 aliphatic heterocycles. The monoisotopic (exact) mass is 300 g/mol. The van der Waals surface area contributed by atoms with E-state index in [0.717, 1.165) is 6.07 Å². The largest absolute Gasteiger partial charge is 0.378 e. The van der Waals surface area contributed by atoms with Crippen LogP contribution in [-0.2, 0) is 14.8 Å². The number of ether oxygens (including phenoxy) is 1. The van der Waals surface area contributed by atoms with E-state index in [1.165, 1.54) is 16.4 Å². The Labute approximate surface area is 117 Å². The highest BCUT2D eigenvalue weighted by Crippen LogP contribution is 2.26. The lowest BCUT2D eigenvalue weighted by Crippen LogP contribution is -2.47. The third kappa shape index (κ3) is 2.67. The predicted octanol–water partition coefficient (Wildman–Crippen LogP) is 1.31. The Balaban J connectivity index is 2.48. The lowest BCUT2D eigenvalue weighted by Gasteiger charge is -2.32. The van der Waals surface area contributed by atoms with Gasteiger partial charge in [-0.15, -0.1) is 0 Å². The molecule has 8 heteroatoms. The molecule has 1 fully saturated rings. The molecule has 1 aliphatic rings. The van der Waals surface area contributed by atoms with Crippen LogP contribution in [0.4, 0.5) is 5.69 Å². The highest BCUT2D eigenvalue weighted by Gasteiger charge is 2.33. The first-order valence-electron chi connectivity index (χ1n) is 6.18. The van der Waals surface area contributed by atoms with E-state index in [2.05, 4.69) is 0 Å². The Bertz CT molecular complexity index is 629. The second-order valence-electron chi connectivity index (χ2n) is 4.75. The molecule has 2 rings (SSSR count). The van der Waals surface area contributed by atoms with Gasteiger partial charge in [0.2, 0.25) is 10.0 Å². The summed E-state index contributed by atoms with van der Waals surface area (Å²) in [5.41, 5.74) is 0.268. The van der Waals surface area contributed by atoms with Crippen molar-refractivity contribution in [1.29, 1.82) is 0 Å². The number of nitrogens with zero attached hydrogens (tertiary/aromatic N) is 2. The van der Waals surface area contributed by atoms with Crippen LogP contribution >= 0.6 is 0 Å². The molecule has 1 aromatic rings. The molecule has 0 amide bonds. The van der Waals surface area contributed by atoms with Crippen molar-refractivity contribution in [1.82, 2.24) is 4.31 Å². The number of hydrogen-bond acceptors (Lipinski definition) is 5. The van der Waals surface area contributed by atoms with Crippen LogP contribution in [0.5, 0.6) is 0 Å². The average Bonchev–Trinajstić information content (AvgIpc) is 2.39. The van der Waals surface area contributed by atoms with Crippen LogP contribution in [0, 0.1) is 17.0 Å². The number of hydrogen-bond donors (Lipinski definition) is 0. The molecule has 110 valence electrons. The smallest absolute Gasteiger partial charge is 0.270 e. The summed E-state index contributed by atoms with van der Waals surface area (Å²) in [4.78, 5) is 10.2. The van der Waals surface area contributed by atoms with Gasteiger partial charge in [-0.3, -0.25) is 10.1 Å². The Morgan fingerprint density at radius 3 is 2.75 bits per heavy atom. The standard InChI is InChI=1S/C12H16N2O5S/c1-9-3-4-11(14(15)16)7-12(9)20(17,18)13-5-6-19-8-10(13)2/h3-4,7,10H,5-6,8H2,1-2H3/t10-/m0/s1. The first kappa shape index (κ1) is 14.9. The van der Waals surface area contributed by atoms with Crippen molar-refractivity contribution in [3.8, 4) is 0 Å². The molecule has 0 bridgehead atoms. The molecule has 0 saturated carbocycles. The van der Waals surface area contributed by atoms with E-state index >= 15 is 0 Å². The Kier molecular flexibility index (Phi) is 4.07. The topological polar surface area (TPSA) is 89.8 Å². The van der Waals surface area contributed by atoms with Gasteiger partial charge in [0.15, 0.2) is 0 Å². The molecule has 0 spiro atoms. The predicted molar refractivity (Wildman–Crippen MR) is 72.0 cm³/mol. The lowest BCUT2D eigenvalue weighted by atomic mass is 10.2. The van der Waals surface area contributed by atoms with E-state index in [-0.39, 0.29) is 23.2 Å². The highest BCUT2D eigenvalue weighted by atomic mass is 32.2. The van der Waals surface area contributed by atoms with Gasteiger partial charge in [-0.25, -0.2) is 8.42 Å². The summed E-state index contributed by atoms with van der Waals surface area (Å²) in [5, 5.41) is 10.8. The second kappa shape index (κ2) is 5.47. The molecule has 0 unspecified atom stereocenters. The fraction of sp³-hybridized carbons (Fsp3) is 0.500. The van der Waals surface area contributed by atoms with Gasteiger partial charge in [0.25, 0.3) is 5.69 Å². The summed E-state index contributed by atoms with van der Waals surface area (Å²) >= 11 is 0. The molecule has 0 radical (unpaired) electrons. The molecule has 7 nitrogen and oxygen atoms in total. The van der Waals surface area contributed by atoms with E-state index in [1.807, 2.05) is 0 Å². The van der Waals surface area contributed by atoms with Crippen LogP contribution in [0.15, 0.2) is 23.1 Å². The molecule has 1 heterocycles. The maximum absolute atomic E-state index is 12.6. The number of sulfonamides is 1. The molecular formula is C12H16N2O5S. The van der Waals surface area contributed by atoms with Gasteiger partial charge < -0.3 is 4.74 Å². The number of aryl methyl sites for hydroxylation is 1. The number of non-ortho nitro benzene ring substituents is 1. The maximum atomic E-state index is 12.6. The summed E-state index contributed by atoms with van der Waals surface area (Å²) in [6.45, 7) is 4.29. The van der Waals surface area contributed by atoms with Crippen LogP contribution in [-0.4, -0.2) is 43.4 Å². The van der Waals surface area contributed by atoms with Gasteiger partial charge >= 0.3 is 0 Å². The fourth-order valence-electron chi connectivity index (χ4n) is 2.18. The minimum absolute atomic E-state index is 0.0135. The van der Waals surface area contributed by atoms with Gasteiger partial charge in [0.05, 0.1) is 23.0 Å². The minimum Gasteiger partial charge on any atom is -0.378 e. The minimum atomic E-state index is -3.75. The summed E-state index contributed by atoms with van der Waals surface area (Å²) in [5.74, 6) is 0. The molecule has 1 atom stereocenters. The van der Waals surface area contributed by atoms with Crippen LogP contribution in [0.2, 0.25) is 0 Å². The summed E-state index contributed by atoms with van der Waals surface area (Å²) < 4.78 is 31.8. The number of morpholine rings is 1. The third-order valence-electron chi connectivity index (χ3n) is 3.28. The quantitative estimate of drug-likeness (QED) is 0.620. The van der Waals surface area contributed by atoms with Gasteiger partial charge in [-0.1, -0.05) is 6.07 Å². The Morgan fingerprint density at radius 2 is 2.15 bits per heavy atom. The zero-order chi connectivity index (χ0) is 14.9. The van der Waals surface area contributed by atoms with Crippen LogP contribution in [0.1, 0.15) is 12.5 Å². The maximum Gasteiger partial charge on any atom is 0.270 e. The Morgan fingerprint density at radius 1 is 1.45 bits per heavy atom. The van der Waals surface area contributed by atoms with E-state index in [9.17, 15) is 18.5 Å². The summed E-state index contributed by atoms with van der Waals surface area (Å²) in [7, 11) is -3.75. The van der Waals surface area contributed by atoms with Crippen molar-refractivity contribution in [2.24, 2.45) is 0 Å². The van der Waals surface area contributed by atoms with Crippen molar-refractivity contribution in [3.05, 3.63) is 33.9 Å². The number of nitro benzene ring substituents is 1. The van der Waals surface area contributed by atoms with E-state index < -0.39 is 14.9 Å². The Hall–Kier alpha value is -1.51. The summed E-state index contributed by atoms with van der Waals surface area (Å²) in [6, 6.07) is 3.59. The average molecular weight is 300 g/mol. The van der Waals surface area contributed by atoms with Gasteiger partial charge in [0, 0.05) is 24.7 Å². The third-order valence-corrected chi connectivity index (χ3v) is 5.43. The van der Waals surface area contributed by atoms with Crippen molar-refractivity contribution in [3.63, 3.8) is 0 Å². The fourth-order valence-corrected chi connectivity index (χ4v) is 4.02. The lowest BCUT2D eigenvalue weighted by molar-refractivity contribution is -0.385. The molecule has 20 heavy (non-hydrogen) atoms. The van der Waals surface area contributed by atoms with E-state index in [0.29, 0.717) is 18.8 Å². The van der Waals surface area contributed by atoms with Gasteiger partial charge in [-0.05, 0) is 19.4 Å². The number of benzene rings is 1. The molecule has 0 aromatic heterocycles. The van der Waals surface area contributed by atoms with Gasteiger partial charge in [-0.2, -0.15) is 4.31 Å². The molecule has 0 aliphatic carbocycles. The van der Waals surface area contributed by atoms with Crippen molar-refractivity contribution >= 4 is 15.7 Å². The normalized spacial score (nSPS) is 20.8. The van der Waals surface area contributed by atoms with Crippen molar-refractivity contribution < 1.29 is 18.1 Å². The summed E-state index contributed by atoms with van der Waals surface area (Å²) in [6.07, 6.45) is 0. The van der Waals surface area contributed by atoms with Crippen molar-refractivity contribution in [2.45, 2.75) is 24.8 Å². The first-order valence-corrected chi connectivity index (χ1v) is 7.62. The van der Waals surface area contributed by atoms with Crippen LogP contribution in [0.3, 0.4) is 0 Å². The second-order valence-corrected chi connectivity index (χ2v) is 6.61. The zero-order valence-electron chi connectivity index (χ0n) is 11.3. The highest BCUT2D eigenvalue weighted by molar-refractivity contribution is 7.89. The van der Waals surface area contributed by atoms with E-state index in [1.54, 1.807) is 13.8 Å². The molecular weight excluding hydrogens is 284 g/mol. The molecule has 1 aromatic carbocycles. The van der Waals surface area contributed by atoms with Gasteiger partial charge in [0.1, 0.15) is 0 Å². The van der Waals surface area contributed by atoms with E-state index in [4.69, 9.17) is 4.74 Å². The van der Waals surface area contributed by atoms with Crippen LogP contribution in [0.25, 0.3) is 0 Å². The molecule has 1 saturated heterocycles. The SMILES string of the molecule is Cc1ccc([N+](=O)[O-])cc1S(=O)(=O)N1CCOC[C@@H]1C. The first-order chi connectivity index (χ1) is 9.34. The molecule has 0 N–H and O–H groups in total. The van der Waals surface area contributed by atoms with Crippen LogP contribution < -0.4 is 0 Å². The number of nitro groups is 1. The zero-order valence-corrected chi connectivity index (χ0v) is 12.1. The number of rotatable bonds is 3. The van der Waals surface area contributed by atoms with Crippen molar-refractivity contribution in [2.75, 3.05) is 19.8 Å².